The molecule has 1 aliphatic heterocycles. The van der Waals surface area contributed by atoms with Crippen molar-refractivity contribution in [3.05, 3.63) is 119 Å². The Hall–Kier alpha value is -4.28. The number of alkyl halides is 2. The van der Waals surface area contributed by atoms with Crippen LogP contribution in [0.25, 0.3) is 6.08 Å². The van der Waals surface area contributed by atoms with Crippen LogP contribution in [0.1, 0.15) is 29.7 Å². The third-order valence-electron chi connectivity index (χ3n) is 6.55. The number of anilines is 1. The van der Waals surface area contributed by atoms with Crippen molar-refractivity contribution in [1.82, 2.24) is 4.57 Å². The fraction of sp³-hybridized carbons (Fsp3) is 0.167. The van der Waals surface area contributed by atoms with Gasteiger partial charge in [-0.15, -0.1) is 0 Å². The van der Waals surface area contributed by atoms with E-state index in [0.29, 0.717) is 42.4 Å². The van der Waals surface area contributed by atoms with Gasteiger partial charge in [-0.25, -0.2) is 4.99 Å². The Balaban J connectivity index is 1.63. The quantitative estimate of drug-likeness (QED) is 0.308. The third-order valence-corrected chi connectivity index (χ3v) is 7.78. The molecule has 0 radical (unpaired) electrons. The first kappa shape index (κ1) is 28.3. The van der Waals surface area contributed by atoms with Gasteiger partial charge in [0.25, 0.3) is 11.5 Å². The van der Waals surface area contributed by atoms with Gasteiger partial charge in [0, 0.05) is 10.7 Å². The van der Waals surface area contributed by atoms with Gasteiger partial charge in [0.15, 0.2) is 16.3 Å². The lowest BCUT2D eigenvalue weighted by Gasteiger charge is -2.25. The number of para-hydroxylation sites is 1. The number of allylic oxidation sites excluding steroid dienone is 1. The number of nitrogens with one attached hydrogen (secondary N) is 1. The van der Waals surface area contributed by atoms with Gasteiger partial charge in [-0.1, -0.05) is 59.3 Å². The van der Waals surface area contributed by atoms with E-state index in [1.54, 1.807) is 43.3 Å². The number of aryl methyl sites for hydroxylation is 1. The molecule has 210 valence electrons. The summed E-state index contributed by atoms with van der Waals surface area (Å²) in [6, 6.07) is 18.0. The molecular formula is C30H24ClF2N3O4S. The zero-order valence-electron chi connectivity index (χ0n) is 22.2. The maximum atomic E-state index is 13.9. The number of carbonyl (C=O) groups excluding carboxylic acids is 1. The molecule has 1 unspecified atom stereocenters. The molecule has 0 saturated carbocycles. The van der Waals surface area contributed by atoms with E-state index >= 15 is 0 Å². The molecular weight excluding hydrogens is 572 g/mol. The van der Waals surface area contributed by atoms with Crippen molar-refractivity contribution in [2.45, 2.75) is 26.5 Å². The predicted molar refractivity (Wildman–Crippen MR) is 155 cm³/mol. The topological polar surface area (TPSA) is 81.9 Å². The normalized spacial score (nSPS) is 15.0. The van der Waals surface area contributed by atoms with Crippen LogP contribution in [0.15, 0.2) is 87.8 Å². The van der Waals surface area contributed by atoms with E-state index in [2.05, 4.69) is 15.0 Å². The number of nitrogens with zero attached hydrogens (tertiary/aromatic N) is 2. The Kier molecular flexibility index (Phi) is 8.05. The Labute approximate surface area is 242 Å². The molecule has 0 bridgehead atoms. The second-order valence-electron chi connectivity index (χ2n) is 9.19. The Morgan fingerprint density at radius 1 is 1.10 bits per heavy atom. The maximum absolute atomic E-state index is 13.9. The summed E-state index contributed by atoms with van der Waals surface area (Å²) in [5, 5.41) is 3.48. The number of ether oxygens (including phenoxy) is 2. The second kappa shape index (κ2) is 11.7. The second-order valence-corrected chi connectivity index (χ2v) is 10.6. The van der Waals surface area contributed by atoms with Crippen LogP contribution in [-0.2, 0) is 4.79 Å². The summed E-state index contributed by atoms with van der Waals surface area (Å²) in [6.45, 7) is 0.620. The van der Waals surface area contributed by atoms with Gasteiger partial charge in [0.1, 0.15) is 0 Å². The molecule has 0 saturated heterocycles. The summed E-state index contributed by atoms with van der Waals surface area (Å²) >= 11 is 7.31. The molecule has 4 aromatic rings. The number of hydrogen-bond acceptors (Lipinski definition) is 6. The lowest BCUT2D eigenvalue weighted by atomic mass is 9.95. The average Bonchev–Trinajstić information content (AvgIpc) is 3.24. The number of methoxy groups -OCH3 is 1. The number of thiazole rings is 1. The summed E-state index contributed by atoms with van der Waals surface area (Å²) in [4.78, 5) is 32.6. The van der Waals surface area contributed by atoms with Gasteiger partial charge >= 0.3 is 6.61 Å². The Bertz CT molecular complexity index is 1850. The highest BCUT2D eigenvalue weighted by atomic mass is 35.5. The molecule has 11 heteroatoms. The molecule has 1 aliphatic rings. The van der Waals surface area contributed by atoms with Crippen molar-refractivity contribution in [3.63, 3.8) is 0 Å². The first-order valence-corrected chi connectivity index (χ1v) is 13.6. The van der Waals surface area contributed by atoms with E-state index in [9.17, 15) is 18.4 Å². The SMILES string of the molecule is COc1cc(C=c2sc3n(c2=O)C(c2ccc(Cl)cc2)C(C(=O)Nc2ccccc2C)=C(C)N=3)ccc1OC(F)F. The molecule has 5 rings (SSSR count). The molecule has 41 heavy (non-hydrogen) atoms. The van der Waals surface area contributed by atoms with Crippen molar-refractivity contribution in [3.8, 4) is 11.5 Å². The van der Waals surface area contributed by atoms with E-state index in [-0.39, 0.29) is 23.0 Å². The minimum atomic E-state index is -3.01. The van der Waals surface area contributed by atoms with Crippen molar-refractivity contribution in [2.75, 3.05) is 12.4 Å². The highest BCUT2D eigenvalue weighted by molar-refractivity contribution is 7.07. The van der Waals surface area contributed by atoms with Crippen LogP contribution < -0.4 is 29.7 Å². The third kappa shape index (κ3) is 5.79. The monoisotopic (exact) mass is 595 g/mol. The van der Waals surface area contributed by atoms with Crippen molar-refractivity contribution in [2.24, 2.45) is 4.99 Å². The highest BCUT2D eigenvalue weighted by Crippen LogP contribution is 2.32. The molecule has 1 N–H and O–H groups in total. The summed E-state index contributed by atoms with van der Waals surface area (Å²) in [6.07, 6.45) is 1.61. The van der Waals surface area contributed by atoms with Gasteiger partial charge in [-0.3, -0.25) is 14.2 Å². The van der Waals surface area contributed by atoms with Gasteiger partial charge in [0.2, 0.25) is 0 Å². The van der Waals surface area contributed by atoms with Crippen LogP contribution in [0.3, 0.4) is 0 Å². The van der Waals surface area contributed by atoms with E-state index in [0.717, 1.165) is 16.9 Å². The van der Waals surface area contributed by atoms with E-state index in [1.807, 2.05) is 31.2 Å². The van der Waals surface area contributed by atoms with Crippen LogP contribution in [0.5, 0.6) is 11.5 Å². The molecule has 2 heterocycles. The number of aromatic nitrogens is 1. The number of rotatable bonds is 7. The number of benzene rings is 3. The molecule has 1 aromatic heterocycles. The number of halogens is 3. The van der Waals surface area contributed by atoms with Crippen LogP contribution in [0.2, 0.25) is 5.02 Å². The minimum absolute atomic E-state index is 0.0943. The van der Waals surface area contributed by atoms with Crippen LogP contribution in [-0.4, -0.2) is 24.2 Å². The zero-order valence-corrected chi connectivity index (χ0v) is 23.7. The van der Waals surface area contributed by atoms with Gasteiger partial charge in [-0.2, -0.15) is 8.78 Å². The van der Waals surface area contributed by atoms with E-state index < -0.39 is 12.7 Å². The first-order valence-electron chi connectivity index (χ1n) is 12.4. The van der Waals surface area contributed by atoms with Crippen LogP contribution in [0.4, 0.5) is 14.5 Å². The van der Waals surface area contributed by atoms with Crippen molar-refractivity contribution >= 4 is 40.6 Å². The summed E-state index contributed by atoms with van der Waals surface area (Å²) in [5.41, 5.74) is 3.18. The highest BCUT2D eigenvalue weighted by Gasteiger charge is 2.32. The summed E-state index contributed by atoms with van der Waals surface area (Å²) in [7, 11) is 1.34. The zero-order chi connectivity index (χ0) is 29.3. The molecule has 1 atom stereocenters. The number of hydrogen-bond donors (Lipinski definition) is 1. The van der Waals surface area contributed by atoms with E-state index in [1.165, 1.54) is 23.8 Å². The van der Waals surface area contributed by atoms with Gasteiger partial charge in [-0.05, 0) is 66.9 Å². The lowest BCUT2D eigenvalue weighted by molar-refractivity contribution is -0.113. The fourth-order valence-corrected chi connectivity index (χ4v) is 5.77. The standard InChI is InChI=1S/C30H24ClF2N3O4S/c1-16-6-4-5-7-21(16)35-27(37)25-17(2)34-30-36(26(25)19-9-11-20(31)12-10-19)28(38)24(41-30)15-18-8-13-22(40-29(32)33)23(14-18)39-3/h4-15,26,29H,1-3H3,(H,35,37). The number of carbonyl (C=O) groups is 1. The first-order chi connectivity index (χ1) is 19.7. The number of amides is 1. The maximum Gasteiger partial charge on any atom is 0.387 e. The minimum Gasteiger partial charge on any atom is -0.493 e. The fourth-order valence-electron chi connectivity index (χ4n) is 4.59. The van der Waals surface area contributed by atoms with Crippen LogP contribution >= 0.6 is 22.9 Å². The average molecular weight is 596 g/mol. The molecule has 7 nitrogen and oxygen atoms in total. The van der Waals surface area contributed by atoms with E-state index in [4.69, 9.17) is 16.3 Å². The molecule has 3 aromatic carbocycles. The summed E-state index contributed by atoms with van der Waals surface area (Å²) in [5.74, 6) is -0.408. The Morgan fingerprint density at radius 3 is 2.51 bits per heavy atom. The molecule has 0 spiro atoms. The predicted octanol–water partition coefficient (Wildman–Crippen LogP) is 5.45. The van der Waals surface area contributed by atoms with Gasteiger partial charge < -0.3 is 14.8 Å². The lowest BCUT2D eigenvalue weighted by Crippen LogP contribution is -2.40. The largest absolute Gasteiger partial charge is 0.493 e. The smallest absolute Gasteiger partial charge is 0.387 e. The van der Waals surface area contributed by atoms with Gasteiger partial charge in [0.05, 0.1) is 29.0 Å². The van der Waals surface area contributed by atoms with Crippen molar-refractivity contribution in [1.29, 1.82) is 0 Å². The Morgan fingerprint density at radius 2 is 1.83 bits per heavy atom. The molecule has 1 amide bonds. The molecule has 0 aliphatic carbocycles. The van der Waals surface area contributed by atoms with Crippen LogP contribution in [0, 0.1) is 6.92 Å². The molecule has 0 fully saturated rings. The summed E-state index contributed by atoms with van der Waals surface area (Å²) < 4.78 is 37.0. The number of fused-ring (bicyclic) bond motifs is 1. The van der Waals surface area contributed by atoms with Crippen molar-refractivity contribution < 1.29 is 23.0 Å².